The van der Waals surface area contributed by atoms with Crippen molar-refractivity contribution < 1.29 is 4.74 Å². The van der Waals surface area contributed by atoms with Crippen molar-refractivity contribution in [2.75, 3.05) is 25.6 Å². The highest BCUT2D eigenvalue weighted by Crippen LogP contribution is 2.33. The van der Waals surface area contributed by atoms with E-state index in [1.165, 1.54) is 4.88 Å². The Kier molecular flexibility index (Phi) is 6.61. The fourth-order valence-corrected chi connectivity index (χ4v) is 4.39. The van der Waals surface area contributed by atoms with Crippen LogP contribution in [0, 0.1) is 13.8 Å². The first kappa shape index (κ1) is 20.8. The molecule has 4 rings (SSSR count). The van der Waals surface area contributed by atoms with Gasteiger partial charge in [0.15, 0.2) is 5.13 Å². The van der Waals surface area contributed by atoms with Gasteiger partial charge in [-0.15, -0.1) is 11.3 Å². The van der Waals surface area contributed by atoms with E-state index in [0.717, 1.165) is 66.2 Å². The molecule has 1 unspecified atom stereocenters. The number of anilines is 2. The van der Waals surface area contributed by atoms with Crippen LogP contribution in [-0.2, 0) is 17.7 Å². The quantitative estimate of drug-likeness (QED) is 0.585. The molecule has 1 saturated heterocycles. The summed E-state index contributed by atoms with van der Waals surface area (Å²) in [6.45, 7) is 6.47. The summed E-state index contributed by atoms with van der Waals surface area (Å²) < 4.78 is 5.10. The lowest BCUT2D eigenvalue weighted by Crippen LogP contribution is -2.24. The summed E-state index contributed by atoms with van der Waals surface area (Å²) in [5.41, 5.74) is 2.17. The summed E-state index contributed by atoms with van der Waals surface area (Å²) in [5.74, 6) is 2.38. The highest BCUT2D eigenvalue weighted by atomic mass is 32.1. The number of likely N-dealkylation sites (tertiary alicyclic amines) is 1. The Bertz CT molecular complexity index is 976. The van der Waals surface area contributed by atoms with E-state index in [9.17, 15) is 0 Å². The molecular weight excluding hydrogens is 398 g/mol. The van der Waals surface area contributed by atoms with Gasteiger partial charge in [0, 0.05) is 55.2 Å². The Balaban J connectivity index is 1.47. The van der Waals surface area contributed by atoms with Gasteiger partial charge in [-0.05, 0) is 33.2 Å². The van der Waals surface area contributed by atoms with Crippen LogP contribution < -0.4 is 5.32 Å². The van der Waals surface area contributed by atoms with Gasteiger partial charge in [0.2, 0.25) is 0 Å². The van der Waals surface area contributed by atoms with Gasteiger partial charge in [-0.3, -0.25) is 4.90 Å². The summed E-state index contributed by atoms with van der Waals surface area (Å²) in [6.07, 6.45) is 8.68. The molecule has 4 heterocycles. The van der Waals surface area contributed by atoms with Crippen molar-refractivity contribution in [3.8, 4) is 0 Å². The van der Waals surface area contributed by atoms with Crippen molar-refractivity contribution in [3.05, 3.63) is 52.4 Å². The molecule has 1 aliphatic heterocycles. The number of thiazole rings is 1. The third kappa shape index (κ3) is 5.16. The largest absolute Gasteiger partial charge is 0.384 e. The maximum Gasteiger partial charge on any atom is 0.188 e. The van der Waals surface area contributed by atoms with E-state index in [1.54, 1.807) is 18.4 Å². The monoisotopic (exact) mass is 425 g/mol. The van der Waals surface area contributed by atoms with Crippen molar-refractivity contribution in [2.45, 2.75) is 45.7 Å². The minimum atomic E-state index is 0.262. The van der Waals surface area contributed by atoms with Crippen LogP contribution in [0.2, 0.25) is 0 Å². The van der Waals surface area contributed by atoms with Gasteiger partial charge < -0.3 is 10.1 Å². The Morgan fingerprint density at radius 1 is 1.17 bits per heavy atom. The highest BCUT2D eigenvalue weighted by Gasteiger charge is 2.28. The van der Waals surface area contributed by atoms with Crippen molar-refractivity contribution in [3.63, 3.8) is 0 Å². The van der Waals surface area contributed by atoms with Crippen LogP contribution >= 0.6 is 11.3 Å². The van der Waals surface area contributed by atoms with Crippen molar-refractivity contribution in [1.82, 2.24) is 29.8 Å². The number of ether oxygens (including phenoxy) is 1. The molecule has 30 heavy (non-hydrogen) atoms. The molecule has 3 aromatic rings. The average molecular weight is 426 g/mol. The maximum absolute atomic E-state index is 5.10. The number of hydrogen-bond donors (Lipinski definition) is 1. The molecule has 9 heteroatoms. The molecule has 0 spiro atoms. The Morgan fingerprint density at radius 3 is 2.73 bits per heavy atom. The standard InChI is InChI=1S/C21H27N7OS/c1-14-10-24-21(30-14)27-20-9-17(25-15(2)26-20)18-5-4-7-28(18)13-16-11-22-19(23-12-16)6-8-29-3/h9-12,18H,4-8,13H2,1-3H3,(H,24,25,26,27). The van der Waals surface area contributed by atoms with Gasteiger partial charge in [-0.25, -0.2) is 24.9 Å². The molecule has 0 aromatic carbocycles. The molecule has 0 radical (unpaired) electrons. The van der Waals surface area contributed by atoms with E-state index in [0.29, 0.717) is 6.61 Å². The number of nitrogens with one attached hydrogen (secondary N) is 1. The Morgan fingerprint density at radius 2 is 2.00 bits per heavy atom. The lowest BCUT2D eigenvalue weighted by molar-refractivity contribution is 0.200. The van der Waals surface area contributed by atoms with Crippen LogP contribution in [0.15, 0.2) is 24.7 Å². The van der Waals surface area contributed by atoms with Gasteiger partial charge in [-0.1, -0.05) is 0 Å². The summed E-state index contributed by atoms with van der Waals surface area (Å²) in [7, 11) is 1.69. The van der Waals surface area contributed by atoms with E-state index in [1.807, 2.05) is 32.4 Å². The molecule has 0 aliphatic carbocycles. The van der Waals surface area contributed by atoms with E-state index in [2.05, 4.69) is 36.2 Å². The first-order valence-corrected chi connectivity index (χ1v) is 11.0. The smallest absolute Gasteiger partial charge is 0.188 e. The zero-order valence-electron chi connectivity index (χ0n) is 17.6. The first-order valence-electron chi connectivity index (χ1n) is 10.2. The fraction of sp³-hybridized carbons (Fsp3) is 0.476. The van der Waals surface area contributed by atoms with Crippen LogP contribution in [0.25, 0.3) is 0 Å². The molecule has 0 saturated carbocycles. The summed E-state index contributed by atoms with van der Waals surface area (Å²) in [5, 5.41) is 4.18. The molecule has 0 bridgehead atoms. The van der Waals surface area contributed by atoms with Crippen molar-refractivity contribution in [1.29, 1.82) is 0 Å². The first-order chi connectivity index (χ1) is 14.6. The summed E-state index contributed by atoms with van der Waals surface area (Å²) in [6, 6.07) is 2.32. The summed E-state index contributed by atoms with van der Waals surface area (Å²) >= 11 is 1.62. The van der Waals surface area contributed by atoms with Crippen LogP contribution in [0.4, 0.5) is 10.9 Å². The second-order valence-corrected chi connectivity index (χ2v) is 8.74. The van der Waals surface area contributed by atoms with Crippen LogP contribution in [-0.4, -0.2) is 50.1 Å². The van der Waals surface area contributed by atoms with Crippen LogP contribution in [0.3, 0.4) is 0 Å². The van der Waals surface area contributed by atoms with Crippen molar-refractivity contribution >= 4 is 22.3 Å². The molecule has 0 amide bonds. The molecule has 1 N–H and O–H groups in total. The topological polar surface area (TPSA) is 89.0 Å². The predicted octanol–water partition coefficient (Wildman–Crippen LogP) is 3.61. The normalized spacial score (nSPS) is 16.8. The second kappa shape index (κ2) is 9.55. The predicted molar refractivity (Wildman–Crippen MR) is 117 cm³/mol. The molecular formula is C21H27N7OS. The van der Waals surface area contributed by atoms with Gasteiger partial charge in [0.1, 0.15) is 17.5 Å². The summed E-state index contributed by atoms with van der Waals surface area (Å²) in [4.78, 5) is 26.2. The van der Waals surface area contributed by atoms with E-state index in [-0.39, 0.29) is 6.04 Å². The molecule has 8 nitrogen and oxygen atoms in total. The highest BCUT2D eigenvalue weighted by molar-refractivity contribution is 7.15. The van der Waals surface area contributed by atoms with E-state index < -0.39 is 0 Å². The number of hydrogen-bond acceptors (Lipinski definition) is 9. The Hall–Kier alpha value is -2.49. The number of rotatable bonds is 8. The van der Waals surface area contributed by atoms with E-state index >= 15 is 0 Å². The van der Waals surface area contributed by atoms with Crippen molar-refractivity contribution in [2.24, 2.45) is 0 Å². The third-order valence-corrected chi connectivity index (χ3v) is 5.92. The maximum atomic E-state index is 5.10. The Labute approximate surface area is 180 Å². The van der Waals surface area contributed by atoms with Crippen LogP contribution in [0.1, 0.15) is 46.7 Å². The van der Waals surface area contributed by atoms with Crippen LogP contribution in [0.5, 0.6) is 0 Å². The fourth-order valence-electron chi connectivity index (χ4n) is 3.72. The second-order valence-electron chi connectivity index (χ2n) is 7.51. The zero-order chi connectivity index (χ0) is 20.9. The number of methoxy groups -OCH3 is 1. The minimum Gasteiger partial charge on any atom is -0.384 e. The molecule has 158 valence electrons. The van der Waals surface area contributed by atoms with Gasteiger partial charge in [0.25, 0.3) is 0 Å². The van der Waals surface area contributed by atoms with Gasteiger partial charge in [-0.2, -0.15) is 0 Å². The number of aryl methyl sites for hydroxylation is 2. The van der Waals surface area contributed by atoms with E-state index in [4.69, 9.17) is 9.72 Å². The SMILES string of the molecule is COCCc1ncc(CN2CCCC2c2cc(Nc3ncc(C)s3)nc(C)n2)cn1. The van der Waals surface area contributed by atoms with Gasteiger partial charge in [0.05, 0.1) is 18.3 Å². The lowest BCUT2D eigenvalue weighted by Gasteiger charge is -2.24. The van der Waals surface area contributed by atoms with Gasteiger partial charge >= 0.3 is 0 Å². The lowest BCUT2D eigenvalue weighted by atomic mass is 10.1. The molecule has 1 fully saturated rings. The molecule has 1 aliphatic rings. The molecule has 1 atom stereocenters. The number of aromatic nitrogens is 5. The number of nitrogens with zero attached hydrogens (tertiary/aromatic N) is 6. The minimum absolute atomic E-state index is 0.262. The molecule has 3 aromatic heterocycles. The zero-order valence-corrected chi connectivity index (χ0v) is 18.4. The third-order valence-electron chi connectivity index (χ3n) is 5.09. The average Bonchev–Trinajstić information content (AvgIpc) is 3.36.